The van der Waals surface area contributed by atoms with Crippen LogP contribution < -0.4 is 5.32 Å². The second-order valence-electron chi connectivity index (χ2n) is 5.97. The number of hydrogen-bond acceptors (Lipinski definition) is 4. The standard InChI is InChI=1S/C14H18N4O4/c1-8-11(16-7-15-8)12(20)18-4-2-14(3-5-18)9(13(21)22)6-10(19)17-14/h7,9H,2-6H2,1H3,(H,15,16)(H,17,19)(H,21,22)/t9-/m0/s1. The van der Waals surface area contributed by atoms with E-state index in [1.807, 2.05) is 0 Å². The average Bonchev–Trinajstić information content (AvgIpc) is 3.03. The molecule has 0 bridgehead atoms. The number of aryl methyl sites for hydroxylation is 1. The number of amides is 2. The molecule has 3 N–H and O–H groups in total. The van der Waals surface area contributed by atoms with E-state index in [2.05, 4.69) is 15.3 Å². The highest BCUT2D eigenvalue weighted by Crippen LogP contribution is 2.37. The molecule has 22 heavy (non-hydrogen) atoms. The fourth-order valence-electron chi connectivity index (χ4n) is 3.43. The first kappa shape index (κ1) is 14.6. The quantitative estimate of drug-likeness (QED) is 0.706. The summed E-state index contributed by atoms with van der Waals surface area (Å²) < 4.78 is 0. The van der Waals surface area contributed by atoms with E-state index < -0.39 is 17.4 Å². The van der Waals surface area contributed by atoms with Crippen LogP contribution in [0.3, 0.4) is 0 Å². The first-order valence-corrected chi connectivity index (χ1v) is 7.26. The maximum absolute atomic E-state index is 12.4. The summed E-state index contributed by atoms with van der Waals surface area (Å²) >= 11 is 0. The van der Waals surface area contributed by atoms with Gasteiger partial charge in [-0.25, -0.2) is 4.98 Å². The Morgan fingerprint density at radius 3 is 2.64 bits per heavy atom. The molecule has 3 heterocycles. The van der Waals surface area contributed by atoms with Crippen LogP contribution in [-0.2, 0) is 9.59 Å². The number of H-pyrrole nitrogens is 1. The summed E-state index contributed by atoms with van der Waals surface area (Å²) in [4.78, 5) is 44.0. The molecule has 2 fully saturated rings. The second-order valence-corrected chi connectivity index (χ2v) is 5.97. The lowest BCUT2D eigenvalue weighted by Crippen LogP contribution is -2.56. The van der Waals surface area contributed by atoms with E-state index in [1.165, 1.54) is 6.33 Å². The lowest BCUT2D eigenvalue weighted by atomic mass is 9.77. The van der Waals surface area contributed by atoms with E-state index in [0.717, 1.165) is 0 Å². The van der Waals surface area contributed by atoms with Crippen molar-refractivity contribution in [2.24, 2.45) is 5.92 Å². The summed E-state index contributed by atoms with van der Waals surface area (Å²) in [5.74, 6) is -2.06. The highest BCUT2D eigenvalue weighted by atomic mass is 16.4. The average molecular weight is 306 g/mol. The molecule has 0 aromatic carbocycles. The number of imidazole rings is 1. The molecular weight excluding hydrogens is 288 g/mol. The van der Waals surface area contributed by atoms with E-state index in [-0.39, 0.29) is 18.2 Å². The van der Waals surface area contributed by atoms with Crippen molar-refractivity contribution < 1.29 is 19.5 Å². The summed E-state index contributed by atoms with van der Waals surface area (Å²) in [6.45, 7) is 2.60. The van der Waals surface area contributed by atoms with Crippen LogP contribution in [0.5, 0.6) is 0 Å². The van der Waals surface area contributed by atoms with Gasteiger partial charge in [0.25, 0.3) is 5.91 Å². The molecule has 2 aliphatic heterocycles. The number of carbonyl (C=O) groups is 3. The van der Waals surface area contributed by atoms with Gasteiger partial charge in [-0.2, -0.15) is 0 Å². The van der Waals surface area contributed by atoms with E-state index >= 15 is 0 Å². The van der Waals surface area contributed by atoms with Crippen LogP contribution in [0.1, 0.15) is 35.4 Å². The van der Waals surface area contributed by atoms with Gasteiger partial charge in [-0.3, -0.25) is 14.4 Å². The number of hydrogen-bond donors (Lipinski definition) is 3. The molecule has 1 atom stereocenters. The number of rotatable bonds is 2. The Bertz CT molecular complexity index is 631. The van der Waals surface area contributed by atoms with Crippen molar-refractivity contribution >= 4 is 17.8 Å². The third kappa shape index (κ3) is 2.24. The van der Waals surface area contributed by atoms with Crippen molar-refractivity contribution in [3.05, 3.63) is 17.7 Å². The molecule has 118 valence electrons. The molecule has 2 saturated heterocycles. The minimum atomic E-state index is -0.957. The number of likely N-dealkylation sites (tertiary alicyclic amines) is 1. The van der Waals surface area contributed by atoms with Gasteiger partial charge in [-0.1, -0.05) is 0 Å². The highest BCUT2D eigenvalue weighted by molar-refractivity contribution is 5.93. The van der Waals surface area contributed by atoms with E-state index in [9.17, 15) is 19.5 Å². The van der Waals surface area contributed by atoms with Gasteiger partial charge in [-0.15, -0.1) is 0 Å². The number of carboxylic acids is 1. The summed E-state index contributed by atoms with van der Waals surface area (Å²) in [6.07, 6.45) is 2.39. The molecule has 1 spiro atoms. The third-order valence-electron chi connectivity index (χ3n) is 4.72. The minimum Gasteiger partial charge on any atom is -0.481 e. The molecule has 0 radical (unpaired) electrons. The molecule has 2 amide bonds. The Morgan fingerprint density at radius 1 is 1.41 bits per heavy atom. The van der Waals surface area contributed by atoms with Gasteiger partial charge in [0.1, 0.15) is 5.69 Å². The smallest absolute Gasteiger partial charge is 0.309 e. The number of nitrogens with zero attached hydrogens (tertiary/aromatic N) is 2. The zero-order chi connectivity index (χ0) is 15.9. The molecule has 8 heteroatoms. The largest absolute Gasteiger partial charge is 0.481 e. The van der Waals surface area contributed by atoms with Crippen LogP contribution >= 0.6 is 0 Å². The van der Waals surface area contributed by atoms with Crippen LogP contribution in [0.25, 0.3) is 0 Å². The first-order chi connectivity index (χ1) is 10.4. The van der Waals surface area contributed by atoms with Crippen molar-refractivity contribution in [1.82, 2.24) is 20.2 Å². The van der Waals surface area contributed by atoms with Crippen molar-refractivity contribution in [3.8, 4) is 0 Å². The van der Waals surface area contributed by atoms with Crippen LogP contribution in [0.15, 0.2) is 6.33 Å². The zero-order valence-corrected chi connectivity index (χ0v) is 12.3. The Morgan fingerprint density at radius 2 is 2.09 bits per heavy atom. The lowest BCUT2D eigenvalue weighted by molar-refractivity contribution is -0.144. The molecule has 1 aromatic rings. The molecular formula is C14H18N4O4. The molecule has 2 aliphatic rings. The molecule has 0 unspecified atom stereocenters. The third-order valence-corrected chi connectivity index (χ3v) is 4.72. The first-order valence-electron chi connectivity index (χ1n) is 7.26. The summed E-state index contributed by atoms with van der Waals surface area (Å²) in [6, 6.07) is 0. The number of piperidine rings is 1. The fourth-order valence-corrected chi connectivity index (χ4v) is 3.43. The topological polar surface area (TPSA) is 115 Å². The Balaban J connectivity index is 1.72. The summed E-state index contributed by atoms with van der Waals surface area (Å²) in [5, 5.41) is 12.2. The van der Waals surface area contributed by atoms with Crippen LogP contribution in [0, 0.1) is 12.8 Å². The van der Waals surface area contributed by atoms with Crippen LogP contribution in [-0.4, -0.2) is 56.4 Å². The number of nitrogens with one attached hydrogen (secondary N) is 2. The van der Waals surface area contributed by atoms with Gasteiger partial charge in [0.05, 0.1) is 17.8 Å². The normalized spacial score (nSPS) is 23.6. The molecule has 8 nitrogen and oxygen atoms in total. The van der Waals surface area contributed by atoms with Gasteiger partial charge in [0.2, 0.25) is 5.91 Å². The van der Waals surface area contributed by atoms with Gasteiger partial charge in [-0.05, 0) is 19.8 Å². The fraction of sp³-hybridized carbons (Fsp3) is 0.571. The lowest BCUT2D eigenvalue weighted by Gasteiger charge is -2.41. The number of aliphatic carboxylic acids is 1. The predicted octanol–water partition coefficient (Wildman–Crippen LogP) is -0.0864. The van der Waals surface area contributed by atoms with Crippen molar-refractivity contribution in [2.45, 2.75) is 31.7 Å². The monoisotopic (exact) mass is 306 g/mol. The zero-order valence-electron chi connectivity index (χ0n) is 12.3. The number of carboxylic acid groups (broad SMARTS) is 1. The Hall–Kier alpha value is -2.38. The minimum absolute atomic E-state index is 0.0156. The van der Waals surface area contributed by atoms with E-state index in [0.29, 0.717) is 37.3 Å². The molecule has 0 saturated carbocycles. The Labute approximate surface area is 126 Å². The van der Waals surface area contributed by atoms with Gasteiger partial charge >= 0.3 is 5.97 Å². The van der Waals surface area contributed by atoms with Crippen molar-refractivity contribution in [1.29, 1.82) is 0 Å². The highest BCUT2D eigenvalue weighted by Gasteiger charge is 2.52. The van der Waals surface area contributed by atoms with Crippen molar-refractivity contribution in [2.75, 3.05) is 13.1 Å². The van der Waals surface area contributed by atoms with Gasteiger partial charge < -0.3 is 20.3 Å². The predicted molar refractivity (Wildman–Crippen MR) is 75.1 cm³/mol. The molecule has 1 aromatic heterocycles. The SMILES string of the molecule is Cc1[nH]cnc1C(=O)N1CCC2(CC1)NC(=O)C[C@H]2C(=O)O. The van der Waals surface area contributed by atoms with Gasteiger partial charge in [0.15, 0.2) is 0 Å². The number of carbonyl (C=O) groups excluding carboxylic acids is 2. The second kappa shape index (κ2) is 5.11. The van der Waals surface area contributed by atoms with E-state index in [4.69, 9.17) is 0 Å². The van der Waals surface area contributed by atoms with E-state index in [1.54, 1.807) is 11.8 Å². The summed E-state index contributed by atoms with van der Waals surface area (Å²) in [7, 11) is 0. The number of aromatic nitrogens is 2. The maximum atomic E-state index is 12.4. The molecule has 3 rings (SSSR count). The Kier molecular flexibility index (Phi) is 3.38. The maximum Gasteiger partial charge on any atom is 0.309 e. The summed E-state index contributed by atoms with van der Waals surface area (Å²) in [5.41, 5.74) is 0.379. The number of aromatic amines is 1. The van der Waals surface area contributed by atoms with Gasteiger partial charge in [0, 0.05) is 25.2 Å². The van der Waals surface area contributed by atoms with Crippen molar-refractivity contribution in [3.63, 3.8) is 0 Å². The van der Waals surface area contributed by atoms with Crippen LogP contribution in [0.2, 0.25) is 0 Å². The molecule has 0 aliphatic carbocycles. The van der Waals surface area contributed by atoms with Crippen LogP contribution in [0.4, 0.5) is 0 Å².